The number of hydrogen-bond acceptors (Lipinski definition) is 0. The Kier molecular flexibility index (Phi) is 5.54. The molecule has 164 valence electrons. The Hall–Kier alpha value is -3.38. The minimum absolute atomic E-state index is 0.238. The molecule has 0 aliphatic heterocycles. The molecule has 0 N–H and O–H groups in total. The topological polar surface area (TPSA) is 0 Å². The highest BCUT2D eigenvalue weighted by Crippen LogP contribution is 2.46. The van der Waals surface area contributed by atoms with Crippen LogP contribution in [0.4, 0.5) is 0 Å². The minimum atomic E-state index is -0.238. The van der Waals surface area contributed by atoms with Crippen molar-refractivity contribution in [3.8, 4) is 0 Å². The van der Waals surface area contributed by atoms with Gasteiger partial charge in [0.15, 0.2) is 0 Å². The highest BCUT2D eigenvalue weighted by molar-refractivity contribution is 5.88. The van der Waals surface area contributed by atoms with Crippen LogP contribution in [-0.4, -0.2) is 0 Å². The molecule has 0 saturated heterocycles. The predicted molar refractivity (Wildman–Crippen MR) is 142 cm³/mol. The van der Waals surface area contributed by atoms with Gasteiger partial charge in [0.2, 0.25) is 0 Å². The van der Waals surface area contributed by atoms with Crippen molar-refractivity contribution in [2.45, 2.75) is 46.0 Å². The lowest BCUT2D eigenvalue weighted by molar-refractivity contribution is 0.686. The van der Waals surface area contributed by atoms with Crippen molar-refractivity contribution >= 4 is 11.1 Å². The molecule has 0 saturated carbocycles. The van der Waals surface area contributed by atoms with E-state index in [9.17, 15) is 0 Å². The zero-order chi connectivity index (χ0) is 23.0. The van der Waals surface area contributed by atoms with E-state index in [4.69, 9.17) is 0 Å². The van der Waals surface area contributed by atoms with Gasteiger partial charge in [-0.25, -0.2) is 0 Å². The number of rotatable bonds is 5. The summed E-state index contributed by atoms with van der Waals surface area (Å²) in [7, 11) is 0. The van der Waals surface area contributed by atoms with Crippen LogP contribution in [0.1, 0.15) is 67.0 Å². The van der Waals surface area contributed by atoms with Crippen molar-refractivity contribution in [3.63, 3.8) is 0 Å². The maximum Gasteiger partial charge on any atom is 0.0426 e. The van der Waals surface area contributed by atoms with E-state index in [2.05, 4.69) is 125 Å². The molecule has 0 heteroatoms. The van der Waals surface area contributed by atoms with Crippen LogP contribution in [0.3, 0.4) is 0 Å². The Balaban J connectivity index is 1.81. The summed E-state index contributed by atoms with van der Waals surface area (Å²) in [4.78, 5) is 0. The maximum atomic E-state index is 2.40. The van der Waals surface area contributed by atoms with E-state index in [0.29, 0.717) is 0 Å². The van der Waals surface area contributed by atoms with Crippen molar-refractivity contribution in [2.24, 2.45) is 0 Å². The standard InChI is InChI=1S/C33H32/c1-23-13-11-19-28(23)30-21-22-31(25(3)32(30)29-20-12-14-24(29)2)33(4,26-15-7-5-8-16-26)27-17-9-6-10-18-27/h5-18,21-22H,19-20H2,1-4H3. The SMILES string of the molecule is CC1=C(c2ccc(C(C)(c3ccccc3)c3ccccc3)c(C)c2C2=C(C)C=CC2)CC=C1. The largest absolute Gasteiger partial charge is 0.0798 e. The predicted octanol–water partition coefficient (Wildman–Crippen LogP) is 8.82. The summed E-state index contributed by atoms with van der Waals surface area (Å²) in [5, 5.41) is 0. The summed E-state index contributed by atoms with van der Waals surface area (Å²) in [6, 6.07) is 26.7. The van der Waals surface area contributed by atoms with E-state index in [-0.39, 0.29) is 5.41 Å². The second-order valence-corrected chi connectivity index (χ2v) is 9.55. The van der Waals surface area contributed by atoms with E-state index >= 15 is 0 Å². The van der Waals surface area contributed by atoms with E-state index in [0.717, 1.165) is 12.8 Å². The van der Waals surface area contributed by atoms with Gasteiger partial charge in [0.25, 0.3) is 0 Å². The smallest absolute Gasteiger partial charge is 0.0426 e. The molecule has 0 nitrogen and oxygen atoms in total. The van der Waals surface area contributed by atoms with Crippen molar-refractivity contribution in [1.29, 1.82) is 0 Å². The molecule has 0 fully saturated rings. The van der Waals surface area contributed by atoms with Gasteiger partial charge in [-0.15, -0.1) is 0 Å². The minimum Gasteiger partial charge on any atom is -0.0798 e. The second-order valence-electron chi connectivity index (χ2n) is 9.55. The maximum absolute atomic E-state index is 2.40. The van der Waals surface area contributed by atoms with E-state index < -0.39 is 0 Å². The first-order valence-electron chi connectivity index (χ1n) is 12.0. The summed E-state index contributed by atoms with van der Waals surface area (Å²) in [6.07, 6.45) is 11.2. The molecule has 0 aromatic heterocycles. The Morgan fingerprint density at radius 2 is 1.12 bits per heavy atom. The fourth-order valence-corrected chi connectivity index (χ4v) is 5.77. The summed E-state index contributed by atoms with van der Waals surface area (Å²) in [5.74, 6) is 0. The molecule has 0 atom stereocenters. The Morgan fingerprint density at radius 1 is 0.606 bits per heavy atom. The van der Waals surface area contributed by atoms with E-state index in [1.54, 1.807) is 0 Å². The molecule has 0 radical (unpaired) electrons. The first-order valence-corrected chi connectivity index (χ1v) is 12.0. The van der Waals surface area contributed by atoms with Gasteiger partial charge >= 0.3 is 0 Å². The number of allylic oxidation sites excluding steroid dienone is 8. The van der Waals surface area contributed by atoms with Crippen LogP contribution in [0.15, 0.2) is 108 Å². The third kappa shape index (κ3) is 3.55. The molecule has 2 aliphatic rings. The number of hydrogen-bond donors (Lipinski definition) is 0. The van der Waals surface area contributed by atoms with E-state index in [1.807, 2.05) is 0 Å². The first kappa shape index (κ1) is 21.5. The van der Waals surface area contributed by atoms with Crippen molar-refractivity contribution in [2.75, 3.05) is 0 Å². The molecule has 0 unspecified atom stereocenters. The zero-order valence-electron chi connectivity index (χ0n) is 20.2. The lowest BCUT2D eigenvalue weighted by Gasteiger charge is -2.35. The van der Waals surface area contributed by atoms with Gasteiger partial charge in [-0.1, -0.05) is 97.1 Å². The van der Waals surface area contributed by atoms with Crippen molar-refractivity contribution in [1.82, 2.24) is 0 Å². The average molecular weight is 429 g/mol. The number of benzene rings is 3. The highest BCUT2D eigenvalue weighted by Gasteiger charge is 2.34. The van der Waals surface area contributed by atoms with Crippen LogP contribution in [0.5, 0.6) is 0 Å². The van der Waals surface area contributed by atoms with Gasteiger partial charge < -0.3 is 0 Å². The molecule has 0 heterocycles. The Bertz CT molecular complexity index is 1270. The molecule has 3 aromatic rings. The highest BCUT2D eigenvalue weighted by atomic mass is 14.4. The molecule has 0 amide bonds. The lowest BCUT2D eigenvalue weighted by Crippen LogP contribution is -2.27. The van der Waals surface area contributed by atoms with Crippen LogP contribution in [0, 0.1) is 6.92 Å². The second kappa shape index (κ2) is 8.52. The van der Waals surface area contributed by atoms with E-state index in [1.165, 1.54) is 55.7 Å². The molecule has 3 aromatic carbocycles. The van der Waals surface area contributed by atoms with Gasteiger partial charge in [-0.05, 0) is 96.2 Å². The van der Waals surface area contributed by atoms with Gasteiger partial charge in [0.1, 0.15) is 0 Å². The van der Waals surface area contributed by atoms with Crippen molar-refractivity contribution in [3.05, 3.63) is 142 Å². The van der Waals surface area contributed by atoms with Gasteiger partial charge in [0.05, 0.1) is 0 Å². The summed E-state index contributed by atoms with van der Waals surface area (Å²) >= 11 is 0. The van der Waals surface area contributed by atoms with Gasteiger partial charge in [0, 0.05) is 5.41 Å². The molecular weight excluding hydrogens is 396 g/mol. The normalized spacial score (nSPS) is 15.8. The van der Waals surface area contributed by atoms with Crippen LogP contribution < -0.4 is 0 Å². The average Bonchev–Trinajstić information content (AvgIpc) is 3.47. The van der Waals surface area contributed by atoms with Gasteiger partial charge in [-0.2, -0.15) is 0 Å². The van der Waals surface area contributed by atoms with Crippen LogP contribution in [0.2, 0.25) is 0 Å². The van der Waals surface area contributed by atoms with Crippen LogP contribution in [0.25, 0.3) is 11.1 Å². The molecule has 0 bridgehead atoms. The first-order chi connectivity index (χ1) is 16.0. The van der Waals surface area contributed by atoms with Crippen LogP contribution in [-0.2, 0) is 5.41 Å². The fourth-order valence-electron chi connectivity index (χ4n) is 5.77. The fraction of sp³-hybridized carbons (Fsp3) is 0.212. The summed E-state index contributed by atoms with van der Waals surface area (Å²) in [5.41, 5.74) is 13.8. The van der Waals surface area contributed by atoms with Gasteiger partial charge in [-0.3, -0.25) is 0 Å². The zero-order valence-corrected chi connectivity index (χ0v) is 20.2. The quantitative estimate of drug-likeness (QED) is 0.356. The lowest BCUT2D eigenvalue weighted by atomic mass is 9.68. The third-order valence-corrected chi connectivity index (χ3v) is 7.66. The van der Waals surface area contributed by atoms with Crippen molar-refractivity contribution < 1.29 is 0 Å². The summed E-state index contributed by atoms with van der Waals surface area (Å²) < 4.78 is 0. The van der Waals surface area contributed by atoms with Crippen LogP contribution >= 0.6 is 0 Å². The molecular formula is C33H32. The molecule has 33 heavy (non-hydrogen) atoms. The Labute approximate surface area is 198 Å². The molecule has 0 spiro atoms. The summed E-state index contributed by atoms with van der Waals surface area (Å²) in [6.45, 7) is 9.24. The Morgan fingerprint density at radius 3 is 1.61 bits per heavy atom. The third-order valence-electron chi connectivity index (χ3n) is 7.66. The molecule has 2 aliphatic carbocycles. The molecule has 5 rings (SSSR count). The monoisotopic (exact) mass is 428 g/mol.